The molecule has 0 aliphatic carbocycles. The van der Waals surface area contributed by atoms with Crippen LogP contribution < -0.4 is 10.2 Å². The number of hydrogen-bond acceptors (Lipinski definition) is 3. The van der Waals surface area contributed by atoms with Crippen LogP contribution in [-0.4, -0.2) is 30.7 Å². The molecule has 3 heterocycles. The Morgan fingerprint density at radius 2 is 2.10 bits per heavy atom. The molecular weight excluding hydrogens is 267 g/mol. The zero-order valence-corrected chi connectivity index (χ0v) is 11.2. The van der Waals surface area contributed by atoms with Gasteiger partial charge in [0, 0.05) is 25.3 Å². The van der Waals surface area contributed by atoms with E-state index in [2.05, 4.69) is 15.2 Å². The number of pyridine rings is 1. The number of anilines is 1. The largest absolute Gasteiger partial charge is 0.417 e. The summed E-state index contributed by atoms with van der Waals surface area (Å²) in [5.41, 5.74) is -0.685. The van der Waals surface area contributed by atoms with Gasteiger partial charge in [-0.1, -0.05) is 0 Å². The molecule has 6 heteroatoms. The average molecular weight is 285 g/mol. The first-order chi connectivity index (χ1) is 9.54. The molecule has 0 amide bonds. The van der Waals surface area contributed by atoms with Gasteiger partial charge in [-0.15, -0.1) is 0 Å². The fraction of sp³-hybridized carbons (Fsp3) is 0.643. The molecule has 110 valence electrons. The van der Waals surface area contributed by atoms with E-state index in [-0.39, 0.29) is 0 Å². The highest BCUT2D eigenvalue weighted by Gasteiger charge is 2.33. The number of nitrogens with one attached hydrogen (secondary N) is 1. The van der Waals surface area contributed by atoms with Crippen LogP contribution in [0.5, 0.6) is 0 Å². The second kappa shape index (κ2) is 5.24. The van der Waals surface area contributed by atoms with Crippen LogP contribution >= 0.6 is 0 Å². The van der Waals surface area contributed by atoms with Crippen LogP contribution in [0.4, 0.5) is 19.0 Å². The second-order valence-electron chi connectivity index (χ2n) is 5.60. The van der Waals surface area contributed by atoms with Crippen molar-refractivity contribution in [2.24, 2.45) is 5.92 Å². The SMILES string of the molecule is FC(F)(F)c1ccc(N2CCC3NCCCC3C2)nc1. The predicted molar refractivity (Wildman–Crippen MR) is 70.6 cm³/mol. The Morgan fingerprint density at radius 1 is 1.25 bits per heavy atom. The van der Waals surface area contributed by atoms with Gasteiger partial charge in [0.2, 0.25) is 0 Å². The summed E-state index contributed by atoms with van der Waals surface area (Å²) in [4.78, 5) is 6.10. The van der Waals surface area contributed by atoms with E-state index in [0.717, 1.165) is 38.3 Å². The summed E-state index contributed by atoms with van der Waals surface area (Å²) in [5.74, 6) is 1.24. The molecule has 0 radical (unpaired) electrons. The van der Waals surface area contributed by atoms with Crippen molar-refractivity contribution in [2.45, 2.75) is 31.5 Å². The second-order valence-corrected chi connectivity index (χ2v) is 5.60. The number of piperidine rings is 2. The fourth-order valence-corrected chi connectivity index (χ4v) is 3.19. The van der Waals surface area contributed by atoms with Crippen LogP contribution in [-0.2, 0) is 6.18 Å². The summed E-state index contributed by atoms with van der Waals surface area (Å²) in [6.07, 6.45) is 0.0178. The van der Waals surface area contributed by atoms with Crippen LogP contribution in [0.25, 0.3) is 0 Å². The third-order valence-electron chi connectivity index (χ3n) is 4.29. The first-order valence-corrected chi connectivity index (χ1v) is 7.05. The van der Waals surface area contributed by atoms with Crippen LogP contribution in [0.1, 0.15) is 24.8 Å². The third-order valence-corrected chi connectivity index (χ3v) is 4.29. The minimum Gasteiger partial charge on any atom is -0.356 e. The zero-order valence-electron chi connectivity index (χ0n) is 11.2. The van der Waals surface area contributed by atoms with Crippen molar-refractivity contribution in [2.75, 3.05) is 24.5 Å². The Bertz CT molecular complexity index is 458. The van der Waals surface area contributed by atoms with Crippen molar-refractivity contribution in [3.63, 3.8) is 0 Å². The summed E-state index contributed by atoms with van der Waals surface area (Å²) in [7, 11) is 0. The third kappa shape index (κ3) is 2.75. The maximum absolute atomic E-state index is 12.5. The van der Waals surface area contributed by atoms with Crippen LogP contribution in [0.15, 0.2) is 18.3 Å². The first kappa shape index (κ1) is 13.7. The lowest BCUT2D eigenvalue weighted by Crippen LogP contribution is -2.52. The van der Waals surface area contributed by atoms with Gasteiger partial charge >= 0.3 is 6.18 Å². The van der Waals surface area contributed by atoms with Gasteiger partial charge in [-0.05, 0) is 43.9 Å². The molecule has 1 N–H and O–H groups in total. The Labute approximate surface area is 116 Å². The smallest absolute Gasteiger partial charge is 0.356 e. The molecule has 20 heavy (non-hydrogen) atoms. The Balaban J connectivity index is 1.70. The number of aromatic nitrogens is 1. The standard InChI is InChI=1S/C14H18F3N3/c15-14(16,17)11-3-4-13(19-8-11)20-7-5-12-10(9-20)2-1-6-18-12/h3-4,8,10,12,18H,1-2,5-7,9H2. The maximum atomic E-state index is 12.5. The Hall–Kier alpha value is -1.30. The number of nitrogens with zero attached hydrogens (tertiary/aromatic N) is 2. The van der Waals surface area contributed by atoms with Gasteiger partial charge in [0.1, 0.15) is 5.82 Å². The van der Waals surface area contributed by atoms with Gasteiger partial charge in [-0.25, -0.2) is 4.98 Å². The monoisotopic (exact) mass is 285 g/mol. The van der Waals surface area contributed by atoms with E-state index in [9.17, 15) is 13.2 Å². The minimum atomic E-state index is -4.31. The Morgan fingerprint density at radius 3 is 2.80 bits per heavy atom. The summed E-state index contributed by atoms with van der Waals surface area (Å²) < 4.78 is 37.6. The predicted octanol–water partition coefficient (Wildman–Crippen LogP) is 2.68. The highest BCUT2D eigenvalue weighted by atomic mass is 19.4. The summed E-state index contributed by atoms with van der Waals surface area (Å²) in [6.45, 7) is 2.82. The quantitative estimate of drug-likeness (QED) is 0.860. The van der Waals surface area contributed by atoms with Crippen molar-refractivity contribution in [1.29, 1.82) is 0 Å². The highest BCUT2D eigenvalue weighted by Crippen LogP contribution is 2.31. The molecule has 3 nitrogen and oxygen atoms in total. The summed E-state index contributed by atoms with van der Waals surface area (Å²) in [5, 5.41) is 3.53. The number of rotatable bonds is 1. The lowest BCUT2D eigenvalue weighted by Gasteiger charge is -2.42. The van der Waals surface area contributed by atoms with Crippen molar-refractivity contribution in [1.82, 2.24) is 10.3 Å². The molecule has 3 rings (SSSR count). The molecule has 2 unspecified atom stereocenters. The van der Waals surface area contributed by atoms with E-state index in [1.54, 1.807) is 0 Å². The molecule has 1 aromatic heterocycles. The van der Waals surface area contributed by atoms with Crippen LogP contribution in [0.2, 0.25) is 0 Å². The van der Waals surface area contributed by atoms with E-state index in [4.69, 9.17) is 0 Å². The van der Waals surface area contributed by atoms with Crippen LogP contribution in [0.3, 0.4) is 0 Å². The number of hydrogen-bond donors (Lipinski definition) is 1. The van der Waals surface area contributed by atoms with E-state index in [1.165, 1.54) is 18.9 Å². The van der Waals surface area contributed by atoms with Crippen molar-refractivity contribution in [3.8, 4) is 0 Å². The van der Waals surface area contributed by atoms with Gasteiger partial charge in [0.25, 0.3) is 0 Å². The molecule has 0 aromatic carbocycles. The molecule has 0 bridgehead atoms. The highest BCUT2D eigenvalue weighted by molar-refractivity contribution is 5.40. The maximum Gasteiger partial charge on any atom is 0.417 e. The molecule has 0 spiro atoms. The van der Waals surface area contributed by atoms with E-state index >= 15 is 0 Å². The number of alkyl halides is 3. The topological polar surface area (TPSA) is 28.2 Å². The lowest BCUT2D eigenvalue weighted by atomic mass is 9.85. The van der Waals surface area contributed by atoms with E-state index < -0.39 is 11.7 Å². The molecule has 0 saturated carbocycles. The first-order valence-electron chi connectivity index (χ1n) is 7.05. The molecule has 2 aliphatic heterocycles. The number of fused-ring (bicyclic) bond motifs is 1. The minimum absolute atomic E-state index is 0.564. The van der Waals surface area contributed by atoms with Crippen molar-refractivity contribution < 1.29 is 13.2 Å². The molecule has 2 saturated heterocycles. The van der Waals surface area contributed by atoms with Crippen molar-refractivity contribution in [3.05, 3.63) is 23.9 Å². The lowest BCUT2D eigenvalue weighted by molar-refractivity contribution is -0.137. The fourth-order valence-electron chi connectivity index (χ4n) is 3.19. The molecule has 1 aromatic rings. The van der Waals surface area contributed by atoms with Crippen molar-refractivity contribution >= 4 is 5.82 Å². The summed E-state index contributed by atoms with van der Waals surface area (Å²) in [6, 6.07) is 3.17. The average Bonchev–Trinajstić information content (AvgIpc) is 2.46. The molecule has 2 aliphatic rings. The Kier molecular flexibility index (Phi) is 3.58. The van der Waals surface area contributed by atoms with Crippen LogP contribution in [0, 0.1) is 5.92 Å². The summed E-state index contributed by atoms with van der Waals surface area (Å²) >= 11 is 0. The number of halogens is 3. The molecular formula is C14H18F3N3. The van der Waals surface area contributed by atoms with Gasteiger partial charge in [-0.3, -0.25) is 0 Å². The zero-order chi connectivity index (χ0) is 14.2. The molecule has 2 atom stereocenters. The van der Waals surface area contributed by atoms with Gasteiger partial charge in [0.15, 0.2) is 0 Å². The van der Waals surface area contributed by atoms with E-state index in [0.29, 0.717) is 17.8 Å². The normalized spacial score (nSPS) is 27.2. The van der Waals surface area contributed by atoms with Gasteiger partial charge < -0.3 is 10.2 Å². The molecule has 2 fully saturated rings. The van der Waals surface area contributed by atoms with Gasteiger partial charge in [-0.2, -0.15) is 13.2 Å². The van der Waals surface area contributed by atoms with E-state index in [1.807, 2.05) is 0 Å². The van der Waals surface area contributed by atoms with Gasteiger partial charge in [0.05, 0.1) is 5.56 Å².